The van der Waals surface area contributed by atoms with E-state index in [9.17, 15) is 4.79 Å². The summed E-state index contributed by atoms with van der Waals surface area (Å²) < 4.78 is 0. The van der Waals surface area contributed by atoms with E-state index in [0.29, 0.717) is 24.5 Å². The lowest BCUT2D eigenvalue weighted by Gasteiger charge is -2.56. The Morgan fingerprint density at radius 1 is 1.11 bits per heavy atom. The van der Waals surface area contributed by atoms with Gasteiger partial charge in [-0.1, -0.05) is 0 Å². The molecule has 4 saturated carbocycles. The molecule has 0 atom stereocenters. The highest BCUT2D eigenvalue weighted by molar-refractivity contribution is 5.76. The first kappa shape index (κ1) is 18.5. The van der Waals surface area contributed by atoms with Gasteiger partial charge >= 0.3 is 0 Å². The topological polar surface area (TPSA) is 70.2 Å². The fourth-order valence-electron chi connectivity index (χ4n) is 6.15. The maximum atomic E-state index is 12.6. The highest BCUT2D eigenvalue weighted by Crippen LogP contribution is 2.61. The molecule has 1 heterocycles. The highest BCUT2D eigenvalue weighted by atomic mass is 16.1. The molecule has 2 N–H and O–H groups in total. The molecule has 0 aliphatic heterocycles. The molecular formula is C21H33N5O. The van der Waals surface area contributed by atoms with Gasteiger partial charge in [0.05, 0.1) is 0 Å². The summed E-state index contributed by atoms with van der Waals surface area (Å²) in [7, 11) is 3.94. The summed E-state index contributed by atoms with van der Waals surface area (Å²) in [6, 6.07) is 1.96. The minimum absolute atomic E-state index is 0.220. The molecule has 27 heavy (non-hydrogen) atoms. The Morgan fingerprint density at radius 2 is 1.74 bits per heavy atom. The van der Waals surface area contributed by atoms with Crippen LogP contribution in [0.25, 0.3) is 0 Å². The van der Waals surface area contributed by atoms with Crippen LogP contribution in [0.2, 0.25) is 0 Å². The van der Waals surface area contributed by atoms with Gasteiger partial charge in [-0.2, -0.15) is 4.98 Å². The molecule has 0 saturated heterocycles. The van der Waals surface area contributed by atoms with Crippen LogP contribution in [0, 0.1) is 30.1 Å². The van der Waals surface area contributed by atoms with E-state index in [-0.39, 0.29) is 5.91 Å². The van der Waals surface area contributed by atoms with Gasteiger partial charge in [0.15, 0.2) is 0 Å². The van der Waals surface area contributed by atoms with Crippen molar-refractivity contribution in [3.05, 3.63) is 11.8 Å². The van der Waals surface area contributed by atoms with Gasteiger partial charge in [-0.25, -0.2) is 4.98 Å². The van der Waals surface area contributed by atoms with Crippen LogP contribution < -0.4 is 15.5 Å². The zero-order chi connectivity index (χ0) is 19.0. The fraction of sp³-hybridized carbons (Fsp3) is 0.762. The summed E-state index contributed by atoms with van der Waals surface area (Å²) in [4.78, 5) is 23.4. The second-order valence-corrected chi connectivity index (χ2v) is 9.46. The minimum atomic E-state index is 0.220. The number of aromatic nitrogens is 2. The molecule has 4 aliphatic rings. The largest absolute Gasteiger partial charge is 0.363 e. The van der Waals surface area contributed by atoms with Gasteiger partial charge in [-0.15, -0.1) is 0 Å². The fourth-order valence-corrected chi connectivity index (χ4v) is 6.15. The molecule has 4 aliphatic carbocycles. The average Bonchev–Trinajstić information content (AvgIpc) is 2.56. The maximum Gasteiger partial charge on any atom is 0.224 e. The third-order valence-corrected chi connectivity index (χ3v) is 6.73. The predicted octanol–water partition coefficient (Wildman–Crippen LogP) is 2.99. The van der Waals surface area contributed by atoms with E-state index in [1.54, 1.807) is 0 Å². The Kier molecular flexibility index (Phi) is 4.99. The molecule has 0 aromatic carbocycles. The number of rotatable bonds is 7. The number of aryl methyl sites for hydroxylation is 1. The van der Waals surface area contributed by atoms with Crippen molar-refractivity contribution in [1.29, 1.82) is 0 Å². The zero-order valence-electron chi connectivity index (χ0n) is 16.9. The number of nitrogens with one attached hydrogen (secondary N) is 2. The van der Waals surface area contributed by atoms with Crippen LogP contribution in [0.4, 0.5) is 11.8 Å². The van der Waals surface area contributed by atoms with Crippen LogP contribution in [0.5, 0.6) is 0 Å². The molecule has 6 nitrogen and oxygen atoms in total. The Balaban J connectivity index is 1.24. The van der Waals surface area contributed by atoms with Crippen LogP contribution in [0.3, 0.4) is 0 Å². The Bertz CT molecular complexity index is 667. The number of nitrogens with zero attached hydrogens (tertiary/aromatic N) is 3. The van der Waals surface area contributed by atoms with E-state index >= 15 is 0 Å². The SMILES string of the molecule is Cc1cc(N(C)C)nc(NCCNC(=O)CC23CC4CC(CC(C4)C2)C3)n1. The number of hydrogen-bond acceptors (Lipinski definition) is 5. The first-order chi connectivity index (χ1) is 12.9. The van der Waals surface area contributed by atoms with E-state index in [0.717, 1.165) is 35.7 Å². The molecule has 0 spiro atoms. The molecule has 4 bridgehead atoms. The molecular weight excluding hydrogens is 338 g/mol. The monoisotopic (exact) mass is 371 g/mol. The normalized spacial score (nSPS) is 31.0. The molecule has 6 heteroatoms. The first-order valence-electron chi connectivity index (χ1n) is 10.4. The Morgan fingerprint density at radius 3 is 2.33 bits per heavy atom. The van der Waals surface area contributed by atoms with Crippen molar-refractivity contribution in [1.82, 2.24) is 15.3 Å². The smallest absolute Gasteiger partial charge is 0.224 e. The second-order valence-electron chi connectivity index (χ2n) is 9.46. The number of amides is 1. The van der Waals surface area contributed by atoms with Gasteiger partial charge in [0.25, 0.3) is 0 Å². The lowest BCUT2D eigenvalue weighted by molar-refractivity contribution is -0.129. The molecule has 1 amide bonds. The van der Waals surface area contributed by atoms with E-state index < -0.39 is 0 Å². The summed E-state index contributed by atoms with van der Waals surface area (Å²) in [5.74, 6) is 4.42. The van der Waals surface area contributed by atoms with E-state index in [1.807, 2.05) is 32.0 Å². The van der Waals surface area contributed by atoms with E-state index in [1.165, 1.54) is 38.5 Å². The maximum absolute atomic E-state index is 12.6. The molecule has 0 unspecified atom stereocenters. The van der Waals surface area contributed by atoms with Crippen molar-refractivity contribution in [2.75, 3.05) is 37.4 Å². The molecule has 1 aromatic heterocycles. The zero-order valence-corrected chi connectivity index (χ0v) is 16.9. The number of carbonyl (C=O) groups excluding carboxylic acids is 1. The van der Waals surface area contributed by atoms with Gasteiger partial charge in [0, 0.05) is 45.4 Å². The van der Waals surface area contributed by atoms with Crippen molar-refractivity contribution >= 4 is 17.7 Å². The number of hydrogen-bond donors (Lipinski definition) is 2. The van der Waals surface area contributed by atoms with E-state index in [4.69, 9.17) is 0 Å². The Hall–Kier alpha value is -1.85. The van der Waals surface area contributed by atoms with Crippen LogP contribution in [-0.2, 0) is 4.79 Å². The van der Waals surface area contributed by atoms with Gasteiger partial charge in [-0.3, -0.25) is 4.79 Å². The third-order valence-electron chi connectivity index (χ3n) is 6.73. The van der Waals surface area contributed by atoms with Gasteiger partial charge < -0.3 is 15.5 Å². The highest BCUT2D eigenvalue weighted by Gasteiger charge is 2.51. The molecule has 4 fully saturated rings. The first-order valence-corrected chi connectivity index (χ1v) is 10.4. The third kappa shape index (κ3) is 4.19. The van der Waals surface area contributed by atoms with Gasteiger partial charge in [0.2, 0.25) is 11.9 Å². The van der Waals surface area contributed by atoms with Crippen molar-refractivity contribution in [3.8, 4) is 0 Å². The lowest BCUT2D eigenvalue weighted by atomic mass is 9.49. The van der Waals surface area contributed by atoms with E-state index in [2.05, 4.69) is 20.6 Å². The Labute approximate surface area is 162 Å². The summed E-state index contributed by atoms with van der Waals surface area (Å²) in [5, 5.41) is 6.34. The summed E-state index contributed by atoms with van der Waals surface area (Å²) in [6.07, 6.45) is 8.87. The summed E-state index contributed by atoms with van der Waals surface area (Å²) in [6.45, 7) is 3.22. The summed E-state index contributed by atoms with van der Waals surface area (Å²) >= 11 is 0. The van der Waals surface area contributed by atoms with Crippen LogP contribution in [0.15, 0.2) is 6.07 Å². The molecule has 148 valence electrons. The lowest BCUT2D eigenvalue weighted by Crippen LogP contribution is -2.48. The number of carbonyl (C=O) groups is 1. The molecule has 1 aromatic rings. The quantitative estimate of drug-likeness (QED) is 0.721. The second kappa shape index (κ2) is 7.28. The molecule has 5 rings (SSSR count). The van der Waals surface area contributed by atoms with Crippen molar-refractivity contribution in [2.24, 2.45) is 23.2 Å². The van der Waals surface area contributed by atoms with Crippen molar-refractivity contribution in [2.45, 2.75) is 51.9 Å². The van der Waals surface area contributed by atoms with Gasteiger partial charge in [-0.05, 0) is 68.6 Å². The van der Waals surface area contributed by atoms with Crippen LogP contribution >= 0.6 is 0 Å². The summed E-state index contributed by atoms with van der Waals surface area (Å²) in [5.41, 5.74) is 1.24. The molecule has 0 radical (unpaired) electrons. The minimum Gasteiger partial charge on any atom is -0.363 e. The average molecular weight is 372 g/mol. The van der Waals surface area contributed by atoms with Crippen LogP contribution in [-0.4, -0.2) is 43.1 Å². The standard InChI is InChI=1S/C21H33N5O/c1-14-6-18(26(2)3)25-20(24-14)23-5-4-22-19(27)13-21-10-15-7-16(11-21)9-17(8-15)12-21/h6,15-17H,4-5,7-13H2,1-3H3,(H,22,27)(H,23,24,25). The predicted molar refractivity (Wildman–Crippen MR) is 108 cm³/mol. The number of anilines is 2. The van der Waals surface area contributed by atoms with Crippen molar-refractivity contribution < 1.29 is 4.79 Å². The van der Waals surface area contributed by atoms with Gasteiger partial charge in [0.1, 0.15) is 5.82 Å². The van der Waals surface area contributed by atoms with Crippen molar-refractivity contribution in [3.63, 3.8) is 0 Å². The van der Waals surface area contributed by atoms with Crippen LogP contribution in [0.1, 0.15) is 50.6 Å².